The lowest BCUT2D eigenvalue weighted by Gasteiger charge is -2.23. The number of carbonyl (C=O) groups excluding carboxylic acids is 1. The molecule has 3 aromatic carbocycles. The second-order valence-corrected chi connectivity index (χ2v) is 8.57. The number of aromatic nitrogens is 2. The van der Waals surface area contributed by atoms with Crippen LogP contribution in [0.5, 0.6) is 0 Å². The fourth-order valence-electron chi connectivity index (χ4n) is 4.55. The normalized spacial score (nSPS) is 12.1. The summed E-state index contributed by atoms with van der Waals surface area (Å²) in [5, 5.41) is 5.02. The molecule has 1 unspecified atom stereocenters. The molecule has 0 aliphatic carbocycles. The molecular formula is C29H27N3O3. The Bertz CT molecular complexity index is 1530. The third-order valence-corrected chi connectivity index (χ3v) is 6.25. The van der Waals surface area contributed by atoms with Crippen molar-refractivity contribution in [2.45, 2.75) is 32.2 Å². The molecule has 35 heavy (non-hydrogen) atoms. The van der Waals surface area contributed by atoms with Gasteiger partial charge < -0.3 is 9.73 Å². The summed E-state index contributed by atoms with van der Waals surface area (Å²) in [6.07, 6.45) is 4.48. The van der Waals surface area contributed by atoms with E-state index in [2.05, 4.69) is 17.2 Å². The third-order valence-electron chi connectivity index (χ3n) is 6.25. The molecule has 2 aromatic heterocycles. The number of para-hydroxylation sites is 2. The summed E-state index contributed by atoms with van der Waals surface area (Å²) in [6.45, 7) is 2.68. The predicted molar refractivity (Wildman–Crippen MR) is 138 cm³/mol. The Hall–Kier alpha value is -4.19. The van der Waals surface area contributed by atoms with Crippen LogP contribution < -0.4 is 10.9 Å². The first kappa shape index (κ1) is 22.6. The van der Waals surface area contributed by atoms with Gasteiger partial charge in [-0.25, -0.2) is 4.98 Å². The van der Waals surface area contributed by atoms with Crippen molar-refractivity contribution in [2.75, 3.05) is 6.54 Å². The Morgan fingerprint density at radius 1 is 0.971 bits per heavy atom. The smallest absolute Gasteiger partial charge is 0.281 e. The van der Waals surface area contributed by atoms with Gasteiger partial charge in [0.2, 0.25) is 5.91 Å². The van der Waals surface area contributed by atoms with Crippen molar-refractivity contribution in [3.8, 4) is 11.5 Å². The van der Waals surface area contributed by atoms with Gasteiger partial charge in [-0.15, -0.1) is 0 Å². The molecule has 6 nitrogen and oxygen atoms in total. The van der Waals surface area contributed by atoms with Crippen molar-refractivity contribution in [3.05, 3.63) is 101 Å². The lowest BCUT2D eigenvalue weighted by Crippen LogP contribution is -2.39. The van der Waals surface area contributed by atoms with Gasteiger partial charge in [0, 0.05) is 6.54 Å². The Morgan fingerprint density at radius 3 is 2.60 bits per heavy atom. The molecule has 2 heterocycles. The van der Waals surface area contributed by atoms with E-state index in [-0.39, 0.29) is 17.2 Å². The van der Waals surface area contributed by atoms with Crippen LogP contribution in [0.4, 0.5) is 0 Å². The zero-order valence-electron chi connectivity index (χ0n) is 19.6. The van der Waals surface area contributed by atoms with Crippen LogP contribution >= 0.6 is 0 Å². The van der Waals surface area contributed by atoms with E-state index in [9.17, 15) is 9.59 Å². The first-order valence-electron chi connectivity index (χ1n) is 12.0. The topological polar surface area (TPSA) is 77.1 Å². The highest BCUT2D eigenvalue weighted by Gasteiger charge is 2.29. The fourth-order valence-corrected chi connectivity index (χ4v) is 4.55. The molecule has 1 N–H and O–H groups in total. The van der Waals surface area contributed by atoms with Crippen LogP contribution in [0.3, 0.4) is 0 Å². The highest BCUT2D eigenvalue weighted by molar-refractivity contribution is 5.94. The van der Waals surface area contributed by atoms with Crippen molar-refractivity contribution in [2.24, 2.45) is 0 Å². The number of benzene rings is 3. The van der Waals surface area contributed by atoms with E-state index in [1.165, 1.54) is 6.26 Å². The summed E-state index contributed by atoms with van der Waals surface area (Å²) in [5.41, 5.74) is 1.77. The van der Waals surface area contributed by atoms with Gasteiger partial charge in [0.1, 0.15) is 6.04 Å². The minimum atomic E-state index is -0.878. The first-order chi connectivity index (χ1) is 17.2. The molecule has 5 aromatic rings. The lowest BCUT2D eigenvalue weighted by atomic mass is 9.97. The van der Waals surface area contributed by atoms with Crippen molar-refractivity contribution < 1.29 is 9.21 Å². The highest BCUT2D eigenvalue weighted by Crippen LogP contribution is 2.30. The van der Waals surface area contributed by atoms with Gasteiger partial charge in [0.05, 0.1) is 17.3 Å². The average molecular weight is 466 g/mol. The number of unbranched alkanes of at least 4 members (excludes halogenated alkanes) is 2. The largest absolute Gasteiger partial charge is 0.463 e. The van der Waals surface area contributed by atoms with Gasteiger partial charge >= 0.3 is 0 Å². The molecular weight excluding hydrogens is 438 g/mol. The molecule has 0 aliphatic heterocycles. The predicted octanol–water partition coefficient (Wildman–Crippen LogP) is 5.71. The maximum absolute atomic E-state index is 14.0. The quantitative estimate of drug-likeness (QED) is 0.298. The highest BCUT2D eigenvalue weighted by atomic mass is 16.3. The van der Waals surface area contributed by atoms with E-state index in [4.69, 9.17) is 4.42 Å². The molecule has 0 aliphatic rings. The maximum atomic E-state index is 14.0. The zero-order valence-corrected chi connectivity index (χ0v) is 19.6. The van der Waals surface area contributed by atoms with Crippen molar-refractivity contribution in [1.29, 1.82) is 0 Å². The maximum Gasteiger partial charge on any atom is 0.281 e. The SMILES string of the molecule is CCCCCNC(=O)C(c1cccc2ccccc12)n1c(=O)c(-c2ccco2)nc2ccccc21. The second-order valence-electron chi connectivity index (χ2n) is 8.57. The van der Waals surface area contributed by atoms with E-state index in [1.807, 2.05) is 66.7 Å². The monoisotopic (exact) mass is 465 g/mol. The summed E-state index contributed by atoms with van der Waals surface area (Å²) in [7, 11) is 0. The van der Waals surface area contributed by atoms with E-state index < -0.39 is 6.04 Å². The second kappa shape index (κ2) is 9.97. The molecule has 1 atom stereocenters. The fraction of sp³-hybridized carbons (Fsp3) is 0.207. The summed E-state index contributed by atoms with van der Waals surface area (Å²) in [5.74, 6) is 0.149. The van der Waals surface area contributed by atoms with Crippen LogP contribution in [0.25, 0.3) is 33.3 Å². The number of furan rings is 1. The van der Waals surface area contributed by atoms with Gasteiger partial charge in [-0.3, -0.25) is 14.2 Å². The molecule has 0 fully saturated rings. The molecule has 5 rings (SSSR count). The number of carbonyl (C=O) groups is 1. The van der Waals surface area contributed by atoms with Crippen molar-refractivity contribution in [3.63, 3.8) is 0 Å². The number of nitrogens with one attached hydrogen (secondary N) is 1. The van der Waals surface area contributed by atoms with Crippen LogP contribution in [-0.4, -0.2) is 22.0 Å². The van der Waals surface area contributed by atoms with Crippen LogP contribution in [0, 0.1) is 0 Å². The summed E-state index contributed by atoms with van der Waals surface area (Å²) in [6, 6.07) is 23.7. The summed E-state index contributed by atoms with van der Waals surface area (Å²) in [4.78, 5) is 32.4. The summed E-state index contributed by atoms with van der Waals surface area (Å²) >= 11 is 0. The van der Waals surface area contributed by atoms with Crippen molar-refractivity contribution >= 4 is 27.7 Å². The number of amides is 1. The minimum Gasteiger partial charge on any atom is -0.463 e. The molecule has 0 bridgehead atoms. The number of rotatable bonds is 8. The molecule has 0 spiro atoms. The van der Waals surface area contributed by atoms with E-state index in [0.717, 1.165) is 35.6 Å². The molecule has 0 radical (unpaired) electrons. The molecule has 0 saturated heterocycles. The number of fused-ring (bicyclic) bond motifs is 2. The average Bonchev–Trinajstić information content (AvgIpc) is 3.43. The Kier molecular flexibility index (Phi) is 6.44. The van der Waals surface area contributed by atoms with Crippen LogP contribution in [0.1, 0.15) is 37.8 Å². The number of hydrogen-bond acceptors (Lipinski definition) is 4. The van der Waals surface area contributed by atoms with Crippen LogP contribution in [0.2, 0.25) is 0 Å². The Labute approximate surface area is 203 Å². The third kappa shape index (κ3) is 4.35. The Morgan fingerprint density at radius 2 is 1.77 bits per heavy atom. The van der Waals surface area contributed by atoms with Gasteiger partial charge in [0.15, 0.2) is 11.5 Å². The molecule has 0 saturated carbocycles. The standard InChI is InChI=1S/C29H27N3O3/c1-2-3-8-18-30-28(33)27(22-14-9-12-20-11-4-5-13-21(20)22)32-24-16-7-6-15-23(24)31-26(29(32)34)25-17-10-19-35-25/h4-7,9-17,19,27H,2-3,8,18H2,1H3,(H,30,33). The van der Waals surface area contributed by atoms with Crippen LogP contribution in [0.15, 0.2) is 94.3 Å². The van der Waals surface area contributed by atoms with Crippen molar-refractivity contribution in [1.82, 2.24) is 14.9 Å². The van der Waals surface area contributed by atoms with Crippen LogP contribution in [-0.2, 0) is 4.79 Å². The van der Waals surface area contributed by atoms with E-state index >= 15 is 0 Å². The summed E-state index contributed by atoms with van der Waals surface area (Å²) < 4.78 is 7.10. The molecule has 6 heteroatoms. The molecule has 176 valence electrons. The lowest BCUT2D eigenvalue weighted by molar-refractivity contribution is -0.123. The number of nitrogens with zero attached hydrogens (tertiary/aromatic N) is 2. The molecule has 1 amide bonds. The number of hydrogen-bond donors (Lipinski definition) is 1. The minimum absolute atomic E-state index is 0.178. The van der Waals surface area contributed by atoms with Gasteiger partial charge in [-0.05, 0) is 47.0 Å². The van der Waals surface area contributed by atoms with Gasteiger partial charge in [-0.1, -0.05) is 74.4 Å². The Balaban J connectivity index is 1.77. The first-order valence-corrected chi connectivity index (χ1v) is 12.0. The van der Waals surface area contributed by atoms with E-state index in [0.29, 0.717) is 23.3 Å². The van der Waals surface area contributed by atoms with E-state index in [1.54, 1.807) is 16.7 Å². The van der Waals surface area contributed by atoms with Gasteiger partial charge in [-0.2, -0.15) is 0 Å². The zero-order chi connectivity index (χ0) is 24.2. The van der Waals surface area contributed by atoms with Gasteiger partial charge in [0.25, 0.3) is 5.56 Å².